The lowest BCUT2D eigenvalue weighted by Crippen LogP contribution is -2.55. The van der Waals surface area contributed by atoms with Crippen LogP contribution in [0.5, 0.6) is 0 Å². The fourth-order valence-electron chi connectivity index (χ4n) is 4.50. The summed E-state index contributed by atoms with van der Waals surface area (Å²) in [6.45, 7) is 7.80. The maximum absolute atomic E-state index is 13.4. The highest BCUT2D eigenvalue weighted by Crippen LogP contribution is 2.40. The molecule has 2 aliphatic heterocycles. The van der Waals surface area contributed by atoms with Gasteiger partial charge in [0.25, 0.3) is 5.91 Å². The lowest BCUT2D eigenvalue weighted by atomic mass is 10.1. The van der Waals surface area contributed by atoms with Crippen LogP contribution in [0.2, 0.25) is 0 Å². The summed E-state index contributed by atoms with van der Waals surface area (Å²) in [5.41, 5.74) is 2.25. The van der Waals surface area contributed by atoms with Crippen LogP contribution >= 0.6 is 11.3 Å². The SMILES string of the molecule is CC(C(=O)NC1CC1)N1CCN(C(=O)c2cc(-c3ccccc3)c(N3CCOCC3)s2)CC1. The molecule has 1 unspecified atom stereocenters. The zero-order chi connectivity index (χ0) is 22.8. The van der Waals surface area contributed by atoms with Crippen molar-refractivity contribution in [3.05, 3.63) is 41.3 Å². The highest BCUT2D eigenvalue weighted by molar-refractivity contribution is 7.18. The number of nitrogens with one attached hydrogen (secondary N) is 1. The molecule has 2 amide bonds. The van der Waals surface area contributed by atoms with E-state index in [1.165, 1.54) is 0 Å². The second kappa shape index (κ2) is 9.83. The van der Waals surface area contributed by atoms with Gasteiger partial charge in [0.1, 0.15) is 0 Å². The van der Waals surface area contributed by atoms with Crippen molar-refractivity contribution in [1.29, 1.82) is 0 Å². The minimum Gasteiger partial charge on any atom is -0.378 e. The van der Waals surface area contributed by atoms with Crippen molar-refractivity contribution < 1.29 is 14.3 Å². The number of carbonyl (C=O) groups is 2. The number of nitrogens with zero attached hydrogens (tertiary/aromatic N) is 3. The van der Waals surface area contributed by atoms with Gasteiger partial charge in [-0.1, -0.05) is 30.3 Å². The molecule has 5 rings (SSSR count). The Hall–Kier alpha value is -2.42. The van der Waals surface area contributed by atoms with Crippen molar-refractivity contribution >= 4 is 28.2 Å². The van der Waals surface area contributed by atoms with Crippen LogP contribution in [0.1, 0.15) is 29.4 Å². The van der Waals surface area contributed by atoms with E-state index < -0.39 is 0 Å². The van der Waals surface area contributed by atoms with Crippen LogP contribution in [0, 0.1) is 0 Å². The minimum atomic E-state index is -0.151. The van der Waals surface area contributed by atoms with Crippen LogP contribution in [0.4, 0.5) is 5.00 Å². The van der Waals surface area contributed by atoms with Crippen LogP contribution in [0.15, 0.2) is 36.4 Å². The Morgan fingerprint density at radius 3 is 2.39 bits per heavy atom. The molecule has 7 nitrogen and oxygen atoms in total. The first-order valence-corrected chi connectivity index (χ1v) is 12.8. The predicted octanol–water partition coefficient (Wildman–Crippen LogP) is 2.68. The van der Waals surface area contributed by atoms with Crippen LogP contribution in [-0.2, 0) is 9.53 Å². The van der Waals surface area contributed by atoms with Crippen molar-refractivity contribution in [3.63, 3.8) is 0 Å². The molecule has 2 aromatic rings. The largest absolute Gasteiger partial charge is 0.378 e. The number of thiophene rings is 1. The smallest absolute Gasteiger partial charge is 0.264 e. The van der Waals surface area contributed by atoms with Gasteiger partial charge in [-0.25, -0.2) is 0 Å². The highest BCUT2D eigenvalue weighted by atomic mass is 32.1. The van der Waals surface area contributed by atoms with Gasteiger partial charge in [-0.3, -0.25) is 14.5 Å². The molecule has 0 bridgehead atoms. The first-order valence-electron chi connectivity index (χ1n) is 12.0. The second-order valence-corrected chi connectivity index (χ2v) is 10.1. The Morgan fingerprint density at radius 2 is 1.73 bits per heavy atom. The fourth-order valence-corrected chi connectivity index (χ4v) is 5.70. The molecule has 1 saturated carbocycles. The Bertz CT molecular complexity index is 977. The van der Waals surface area contributed by atoms with Crippen molar-refractivity contribution in [1.82, 2.24) is 15.1 Å². The monoisotopic (exact) mass is 468 g/mol. The van der Waals surface area contributed by atoms with E-state index in [-0.39, 0.29) is 17.9 Å². The average Bonchev–Trinajstić information content (AvgIpc) is 3.58. The van der Waals surface area contributed by atoms with E-state index in [2.05, 4.69) is 33.3 Å². The molecule has 1 aliphatic carbocycles. The van der Waals surface area contributed by atoms with Gasteiger partial charge in [0.15, 0.2) is 0 Å². The molecule has 33 heavy (non-hydrogen) atoms. The molecule has 0 spiro atoms. The summed E-state index contributed by atoms with van der Waals surface area (Å²) in [6, 6.07) is 12.6. The quantitative estimate of drug-likeness (QED) is 0.706. The molecule has 1 aromatic heterocycles. The van der Waals surface area contributed by atoms with E-state index in [0.29, 0.717) is 32.3 Å². The van der Waals surface area contributed by atoms with E-state index in [9.17, 15) is 9.59 Å². The lowest BCUT2D eigenvalue weighted by Gasteiger charge is -2.37. The maximum atomic E-state index is 13.4. The first kappa shape index (κ1) is 22.4. The molecule has 3 aliphatic rings. The summed E-state index contributed by atoms with van der Waals surface area (Å²) in [4.78, 5) is 33.1. The van der Waals surface area contributed by atoms with Crippen molar-refractivity contribution in [2.75, 3.05) is 57.4 Å². The molecule has 3 heterocycles. The van der Waals surface area contributed by atoms with Crippen LogP contribution < -0.4 is 10.2 Å². The third kappa shape index (κ3) is 5.08. The third-order valence-electron chi connectivity index (χ3n) is 6.76. The summed E-state index contributed by atoms with van der Waals surface area (Å²) in [7, 11) is 0. The summed E-state index contributed by atoms with van der Waals surface area (Å²) >= 11 is 1.59. The molecule has 3 fully saturated rings. The molecule has 1 atom stereocenters. The fraction of sp³-hybridized carbons (Fsp3) is 0.520. The van der Waals surface area contributed by atoms with Crippen molar-refractivity contribution in [3.8, 4) is 11.1 Å². The van der Waals surface area contributed by atoms with E-state index in [1.807, 2.05) is 30.0 Å². The molecule has 8 heteroatoms. The van der Waals surface area contributed by atoms with Gasteiger partial charge in [0, 0.05) is 50.9 Å². The van der Waals surface area contributed by atoms with E-state index in [1.54, 1.807) is 11.3 Å². The van der Waals surface area contributed by atoms with Gasteiger partial charge in [-0.15, -0.1) is 11.3 Å². The number of carbonyl (C=O) groups excluding carboxylic acids is 2. The number of anilines is 1. The van der Waals surface area contributed by atoms with Gasteiger partial charge in [0.2, 0.25) is 5.91 Å². The average molecular weight is 469 g/mol. The maximum Gasteiger partial charge on any atom is 0.264 e. The van der Waals surface area contributed by atoms with Gasteiger partial charge >= 0.3 is 0 Å². The van der Waals surface area contributed by atoms with E-state index in [4.69, 9.17) is 4.74 Å². The zero-order valence-electron chi connectivity index (χ0n) is 19.2. The summed E-state index contributed by atoms with van der Waals surface area (Å²) in [5.74, 6) is 0.199. The van der Waals surface area contributed by atoms with Crippen molar-refractivity contribution in [2.24, 2.45) is 0 Å². The van der Waals surface area contributed by atoms with Crippen LogP contribution in [-0.4, -0.2) is 86.2 Å². The van der Waals surface area contributed by atoms with E-state index >= 15 is 0 Å². The number of morpholine rings is 1. The summed E-state index contributed by atoms with van der Waals surface area (Å²) in [6.07, 6.45) is 2.19. The number of benzene rings is 1. The molecule has 2 saturated heterocycles. The predicted molar refractivity (Wildman–Crippen MR) is 131 cm³/mol. The third-order valence-corrected chi connectivity index (χ3v) is 7.94. The minimum absolute atomic E-state index is 0.0893. The van der Waals surface area contributed by atoms with Gasteiger partial charge < -0.3 is 19.9 Å². The Kier molecular flexibility index (Phi) is 6.66. The number of amides is 2. The second-order valence-electron chi connectivity index (χ2n) is 9.08. The van der Waals surface area contributed by atoms with Crippen LogP contribution in [0.25, 0.3) is 11.1 Å². The van der Waals surface area contributed by atoms with Gasteiger partial charge in [0.05, 0.1) is 29.1 Å². The molecule has 0 radical (unpaired) electrons. The Morgan fingerprint density at radius 1 is 1.03 bits per heavy atom. The van der Waals surface area contributed by atoms with Crippen LogP contribution in [0.3, 0.4) is 0 Å². The molecule has 1 aromatic carbocycles. The number of ether oxygens (including phenoxy) is 1. The number of hydrogen-bond donors (Lipinski definition) is 1. The standard InChI is InChI=1S/C25H32N4O3S/c1-18(23(30)26-20-7-8-20)27-9-11-28(12-10-27)24(31)22-17-21(19-5-3-2-4-6-19)25(33-22)29-13-15-32-16-14-29/h2-6,17-18,20H,7-16H2,1H3,(H,26,30). The first-order chi connectivity index (χ1) is 16.1. The molecular formula is C25H32N4O3S. The zero-order valence-corrected chi connectivity index (χ0v) is 20.0. The number of rotatable bonds is 6. The lowest BCUT2D eigenvalue weighted by molar-refractivity contribution is -0.126. The topological polar surface area (TPSA) is 65.1 Å². The molecule has 176 valence electrons. The van der Waals surface area contributed by atoms with Gasteiger partial charge in [-0.05, 0) is 31.4 Å². The van der Waals surface area contributed by atoms with Gasteiger partial charge in [-0.2, -0.15) is 0 Å². The van der Waals surface area contributed by atoms with E-state index in [0.717, 1.165) is 60.0 Å². The normalized spacial score (nSPS) is 20.5. The summed E-state index contributed by atoms with van der Waals surface area (Å²) < 4.78 is 5.54. The molecule has 1 N–H and O–H groups in total. The number of hydrogen-bond acceptors (Lipinski definition) is 6. The Labute approximate surface area is 199 Å². The highest BCUT2D eigenvalue weighted by Gasteiger charge is 2.32. The Balaban J connectivity index is 1.28. The molecular weight excluding hydrogens is 436 g/mol. The summed E-state index contributed by atoms with van der Waals surface area (Å²) in [5, 5.41) is 4.24. The van der Waals surface area contributed by atoms with Crippen molar-refractivity contribution in [2.45, 2.75) is 31.8 Å². The number of piperazine rings is 1.